The number of imide groups is 1. The largest absolute Gasteiger partial charge is 2.00 e. The van der Waals surface area contributed by atoms with Crippen LogP contribution >= 0.6 is 0 Å². The van der Waals surface area contributed by atoms with Gasteiger partial charge in [-0.15, -0.1) is 0 Å². The Balaban J connectivity index is 0.000000207. The summed E-state index contributed by atoms with van der Waals surface area (Å²) in [6.45, 7) is 5.20. The van der Waals surface area contributed by atoms with Crippen LogP contribution in [-0.4, -0.2) is 73.7 Å². The fourth-order valence-corrected chi connectivity index (χ4v) is 7.03. The number of aromatic nitrogens is 8. The summed E-state index contributed by atoms with van der Waals surface area (Å²) in [5, 5.41) is 3.57. The zero-order chi connectivity index (χ0) is 42.4. The minimum absolute atomic E-state index is 0. The summed E-state index contributed by atoms with van der Waals surface area (Å²) in [5.41, 5.74) is 5.37. The Morgan fingerprint density at radius 2 is 0.903 bits per heavy atom. The third-order valence-corrected chi connectivity index (χ3v) is 9.94. The summed E-state index contributed by atoms with van der Waals surface area (Å²) in [5.74, 6) is 2.58. The Morgan fingerprint density at radius 3 is 1.24 bits per heavy atom. The quantitative estimate of drug-likeness (QED) is 0.154. The SMILES string of the molecule is COc1ccc(C(=O)N(C)C(=O)OC(C)(C)C)c(OC)c1.[Cu+2].c1ccc2c(c1)-c1nc-2nc2[n-]c(nc3nc(nc4[n-]c(n1)c1ccccc41)-c1ccccc1-3)c1ccccc21. The molecule has 0 atom stereocenters. The molecule has 0 saturated heterocycles. The number of methoxy groups -OCH3 is 2. The summed E-state index contributed by atoms with van der Waals surface area (Å²) in [7, 11) is 4.32. The molecule has 1 radical (unpaired) electrons. The second-order valence-corrected chi connectivity index (χ2v) is 15.1. The van der Waals surface area contributed by atoms with Crippen LogP contribution < -0.4 is 19.4 Å². The van der Waals surface area contributed by atoms with Gasteiger partial charge in [0, 0.05) is 58.0 Å². The first-order chi connectivity index (χ1) is 29.5. The van der Waals surface area contributed by atoms with Crippen LogP contribution in [-0.2, 0) is 21.8 Å². The van der Waals surface area contributed by atoms with Gasteiger partial charge >= 0.3 is 23.2 Å². The molecule has 62 heavy (non-hydrogen) atoms. The molecule has 0 fully saturated rings. The van der Waals surface area contributed by atoms with Gasteiger partial charge in [-0.25, -0.2) is 19.7 Å². The molecule has 5 aromatic carbocycles. The van der Waals surface area contributed by atoms with Crippen LogP contribution in [0.5, 0.6) is 11.5 Å². The average molecular weight is 871 g/mol. The molecule has 8 bridgehead atoms. The Hall–Kier alpha value is -7.48. The average Bonchev–Trinajstić information content (AvgIpc) is 4.01. The maximum absolute atomic E-state index is 12.4. The molecule has 2 aliphatic heterocycles. The van der Waals surface area contributed by atoms with Gasteiger partial charge in [-0.1, -0.05) is 97.1 Å². The van der Waals surface area contributed by atoms with Crippen molar-refractivity contribution in [2.24, 2.45) is 0 Å². The summed E-state index contributed by atoms with van der Waals surface area (Å²) >= 11 is 0. The number of fused-ring (bicyclic) bond motifs is 20. The molecule has 0 unspecified atom stereocenters. The Bertz CT molecular complexity index is 2910. The number of hydrogen-bond acceptors (Lipinski definition) is 11. The molecule has 2 aliphatic rings. The minimum Gasteiger partial charge on any atom is -0.497 e. The molecular weight excluding hydrogens is 834 g/mol. The van der Waals surface area contributed by atoms with Gasteiger partial charge in [0.1, 0.15) is 17.1 Å². The van der Waals surface area contributed by atoms with Crippen LogP contribution in [0.2, 0.25) is 0 Å². The molecule has 14 nitrogen and oxygen atoms in total. The summed E-state index contributed by atoms with van der Waals surface area (Å²) in [4.78, 5) is 64.5. The Kier molecular flexibility index (Phi) is 11.0. The Labute approximate surface area is 365 Å². The van der Waals surface area contributed by atoms with Gasteiger partial charge in [-0.3, -0.25) is 4.79 Å². The van der Waals surface area contributed by atoms with Gasteiger partial charge in [0.05, 0.1) is 43.1 Å². The van der Waals surface area contributed by atoms with E-state index in [1.807, 2.05) is 97.1 Å². The van der Waals surface area contributed by atoms with Crippen molar-refractivity contribution in [3.05, 3.63) is 121 Å². The van der Waals surface area contributed by atoms with Crippen molar-refractivity contribution in [3.63, 3.8) is 0 Å². The van der Waals surface area contributed by atoms with E-state index in [1.165, 1.54) is 21.3 Å². The van der Waals surface area contributed by atoms with E-state index < -0.39 is 17.6 Å². The molecule has 8 aromatic rings. The van der Waals surface area contributed by atoms with E-state index in [0.717, 1.165) is 48.7 Å². The zero-order valence-electron chi connectivity index (χ0n) is 34.3. The predicted octanol–water partition coefficient (Wildman–Crippen LogP) is 8.84. The molecule has 0 aliphatic carbocycles. The summed E-state index contributed by atoms with van der Waals surface area (Å²) in [6, 6.07) is 36.6. The first-order valence-corrected chi connectivity index (χ1v) is 19.3. The van der Waals surface area contributed by atoms with Gasteiger partial charge in [0.25, 0.3) is 5.91 Å². The second-order valence-electron chi connectivity index (χ2n) is 15.1. The number of hydrogen-bond donors (Lipinski definition) is 0. The fourth-order valence-electron chi connectivity index (χ4n) is 7.03. The number of carbonyl (C=O) groups is 2. The minimum atomic E-state index is -0.717. The molecule has 10 rings (SSSR count). The van der Waals surface area contributed by atoms with Crippen molar-refractivity contribution in [1.29, 1.82) is 0 Å². The van der Waals surface area contributed by atoms with Crippen LogP contribution in [0.4, 0.5) is 4.79 Å². The summed E-state index contributed by atoms with van der Waals surface area (Å²) < 4.78 is 15.4. The first kappa shape index (κ1) is 41.3. The zero-order valence-corrected chi connectivity index (χ0v) is 35.3. The van der Waals surface area contributed by atoms with E-state index in [1.54, 1.807) is 39.0 Å². The van der Waals surface area contributed by atoms with E-state index >= 15 is 0 Å². The van der Waals surface area contributed by atoms with Crippen LogP contribution in [0.1, 0.15) is 31.1 Å². The second kappa shape index (κ2) is 16.5. The number of rotatable bonds is 3. The van der Waals surface area contributed by atoms with Gasteiger partial charge in [0.15, 0.2) is 0 Å². The fraction of sp³-hybridized carbons (Fsp3) is 0.149. The number of amides is 2. The van der Waals surface area contributed by atoms with Crippen molar-refractivity contribution in [2.45, 2.75) is 26.4 Å². The monoisotopic (exact) mass is 870 g/mol. The summed E-state index contributed by atoms with van der Waals surface area (Å²) in [6.07, 6.45) is -0.717. The van der Waals surface area contributed by atoms with Gasteiger partial charge in [-0.05, 0) is 54.4 Å². The molecular formula is C47H37CuN9O5. The number of ether oxygens (including phenoxy) is 3. The standard InChI is InChI=1S/C32H16N8.C15H21NO5.Cu/c1-2-10-18-17(9-1)25-33-26(18)38-28-21-13-5-6-14-22(21)30(35-28)40-32-24-16-8-7-15-23(24)31(36-32)39-29-20-12-4-3-11-19(20)27(34-29)37-25;1-15(2,3)21-14(18)16(4)13(17)11-8-7-10(19-5)9-12(11)20-6;/h1-16H;7-9H,1-6H3;/q-2;;+2. The van der Waals surface area contributed by atoms with Crippen molar-refractivity contribution >= 4 is 56.1 Å². The van der Waals surface area contributed by atoms with E-state index in [2.05, 4.69) is 0 Å². The maximum Gasteiger partial charge on any atom is 2.00 e. The number of carbonyl (C=O) groups excluding carboxylic acids is 2. The van der Waals surface area contributed by atoms with Crippen molar-refractivity contribution in [2.75, 3.05) is 21.3 Å². The Morgan fingerprint density at radius 1 is 0.532 bits per heavy atom. The van der Waals surface area contributed by atoms with E-state index in [4.69, 9.17) is 54.1 Å². The molecule has 0 saturated carbocycles. The van der Waals surface area contributed by atoms with Crippen LogP contribution in [0.15, 0.2) is 115 Å². The van der Waals surface area contributed by atoms with Gasteiger partial charge in [0.2, 0.25) is 0 Å². The van der Waals surface area contributed by atoms with Crippen molar-refractivity contribution < 1.29 is 40.9 Å². The van der Waals surface area contributed by atoms with Crippen LogP contribution in [0.25, 0.3) is 89.7 Å². The molecule has 5 heterocycles. The normalized spacial score (nSPS) is 11.4. The van der Waals surface area contributed by atoms with E-state index in [0.29, 0.717) is 57.4 Å². The molecule has 15 heteroatoms. The van der Waals surface area contributed by atoms with Crippen molar-refractivity contribution in [1.82, 2.24) is 44.8 Å². The maximum atomic E-state index is 12.4. The topological polar surface area (TPSA) is 171 Å². The van der Waals surface area contributed by atoms with Crippen LogP contribution in [0.3, 0.4) is 0 Å². The molecule has 311 valence electrons. The van der Waals surface area contributed by atoms with Crippen LogP contribution in [0, 0.1) is 0 Å². The molecule has 3 aromatic heterocycles. The van der Waals surface area contributed by atoms with Crippen molar-refractivity contribution in [3.8, 4) is 57.1 Å². The number of nitrogens with zero attached hydrogens (tertiary/aromatic N) is 9. The van der Waals surface area contributed by atoms with E-state index in [-0.39, 0.29) is 22.6 Å². The molecule has 2 amide bonds. The van der Waals surface area contributed by atoms with E-state index in [9.17, 15) is 9.59 Å². The van der Waals surface area contributed by atoms with Gasteiger partial charge < -0.3 is 44.1 Å². The smallest absolute Gasteiger partial charge is 0.497 e. The molecule has 0 spiro atoms. The predicted molar refractivity (Wildman–Crippen MR) is 232 cm³/mol. The van der Waals surface area contributed by atoms with Gasteiger partial charge in [-0.2, -0.15) is 0 Å². The third-order valence-electron chi connectivity index (χ3n) is 9.94. The molecule has 0 N–H and O–H groups in total. The number of benzene rings is 5. The third kappa shape index (κ3) is 7.70. The first-order valence-electron chi connectivity index (χ1n) is 19.3.